The molecule has 0 bridgehead atoms. The van der Waals surface area contributed by atoms with Crippen LogP contribution in [0.5, 0.6) is 0 Å². The molecule has 1 aromatic heterocycles. The Kier molecular flexibility index (Phi) is 6.05. The first-order valence-electron chi connectivity index (χ1n) is 7.29. The molecule has 2 N–H and O–H groups in total. The van der Waals surface area contributed by atoms with Crippen molar-refractivity contribution in [3.05, 3.63) is 52.2 Å². The van der Waals surface area contributed by atoms with Gasteiger partial charge in [0.05, 0.1) is 16.1 Å². The Balaban J connectivity index is 1.86. The van der Waals surface area contributed by atoms with Crippen LogP contribution in [0.25, 0.3) is 0 Å². The molecule has 2 aromatic rings. The average molecular weight is 330 g/mol. The van der Waals surface area contributed by atoms with E-state index in [1.54, 1.807) is 30.3 Å². The fourth-order valence-electron chi connectivity index (χ4n) is 2.11. The molecule has 0 atom stereocenters. The first kappa shape index (κ1) is 16.9. The summed E-state index contributed by atoms with van der Waals surface area (Å²) in [5.41, 5.74) is 0.888. The normalized spacial score (nSPS) is 10.1. The zero-order chi connectivity index (χ0) is 16.7. The number of Topliss-reactive ketones (excluding diaryl/α,β-unsaturated/α-hetero) is 1. The lowest BCUT2D eigenvalue weighted by Crippen LogP contribution is -2.21. The van der Waals surface area contributed by atoms with Gasteiger partial charge in [-0.15, -0.1) is 11.3 Å². The van der Waals surface area contributed by atoms with Gasteiger partial charge in [-0.1, -0.05) is 18.2 Å². The molecular formula is C17H18N2O3S. The Morgan fingerprint density at radius 2 is 1.83 bits per heavy atom. The van der Waals surface area contributed by atoms with Gasteiger partial charge in [0.15, 0.2) is 5.78 Å². The van der Waals surface area contributed by atoms with Crippen LogP contribution in [0.2, 0.25) is 0 Å². The topological polar surface area (TPSA) is 75.3 Å². The number of nitrogens with one attached hydrogen (secondary N) is 2. The maximum absolute atomic E-state index is 12.0. The van der Waals surface area contributed by atoms with Gasteiger partial charge >= 0.3 is 0 Å². The molecule has 6 heteroatoms. The smallest absolute Gasteiger partial charge is 0.253 e. The summed E-state index contributed by atoms with van der Waals surface area (Å²) in [7, 11) is 1.54. The third-order valence-corrected chi connectivity index (χ3v) is 4.19. The summed E-state index contributed by atoms with van der Waals surface area (Å²) in [6, 6.07) is 10.4. The molecule has 0 unspecified atom stereocenters. The van der Waals surface area contributed by atoms with Crippen LogP contribution in [0.4, 0.5) is 5.69 Å². The number of carbonyl (C=O) groups is 3. The van der Waals surface area contributed by atoms with Crippen LogP contribution >= 0.6 is 11.3 Å². The zero-order valence-electron chi connectivity index (χ0n) is 12.8. The van der Waals surface area contributed by atoms with Crippen molar-refractivity contribution < 1.29 is 14.4 Å². The van der Waals surface area contributed by atoms with E-state index in [9.17, 15) is 14.4 Å². The predicted octanol–water partition coefficient (Wildman–Crippen LogP) is 3.10. The molecule has 2 amide bonds. The van der Waals surface area contributed by atoms with Crippen LogP contribution in [0.3, 0.4) is 0 Å². The molecule has 2 rings (SSSR count). The number of thiophene rings is 1. The van der Waals surface area contributed by atoms with E-state index in [2.05, 4.69) is 10.6 Å². The van der Waals surface area contributed by atoms with Crippen molar-refractivity contribution in [3.63, 3.8) is 0 Å². The van der Waals surface area contributed by atoms with Crippen LogP contribution in [-0.2, 0) is 4.79 Å². The third-order valence-electron chi connectivity index (χ3n) is 3.28. The molecule has 1 heterocycles. The van der Waals surface area contributed by atoms with Gasteiger partial charge in [-0.3, -0.25) is 14.4 Å². The largest absolute Gasteiger partial charge is 0.355 e. The fourth-order valence-corrected chi connectivity index (χ4v) is 2.80. The van der Waals surface area contributed by atoms with E-state index >= 15 is 0 Å². The number of anilines is 1. The number of benzene rings is 1. The molecule has 5 nitrogen and oxygen atoms in total. The van der Waals surface area contributed by atoms with Crippen molar-refractivity contribution in [2.24, 2.45) is 0 Å². The predicted molar refractivity (Wildman–Crippen MR) is 91.0 cm³/mol. The highest BCUT2D eigenvalue weighted by Gasteiger charge is 2.12. The van der Waals surface area contributed by atoms with E-state index in [-0.39, 0.29) is 24.0 Å². The Morgan fingerprint density at radius 3 is 2.52 bits per heavy atom. The molecule has 120 valence electrons. The second-order valence-electron chi connectivity index (χ2n) is 4.93. The van der Waals surface area contributed by atoms with Gasteiger partial charge in [0.25, 0.3) is 5.91 Å². The van der Waals surface area contributed by atoms with E-state index in [0.29, 0.717) is 24.1 Å². The van der Waals surface area contributed by atoms with Gasteiger partial charge in [-0.2, -0.15) is 0 Å². The van der Waals surface area contributed by atoms with Gasteiger partial charge < -0.3 is 10.6 Å². The summed E-state index contributed by atoms with van der Waals surface area (Å²) in [6.45, 7) is 0. The third kappa shape index (κ3) is 4.75. The van der Waals surface area contributed by atoms with Crippen LogP contribution in [0, 0.1) is 0 Å². The Labute approximate surface area is 138 Å². The quantitative estimate of drug-likeness (QED) is 0.766. The summed E-state index contributed by atoms with van der Waals surface area (Å²) in [5, 5.41) is 7.12. The Bertz CT molecular complexity index is 696. The van der Waals surface area contributed by atoms with E-state index in [4.69, 9.17) is 0 Å². The van der Waals surface area contributed by atoms with E-state index in [1.165, 1.54) is 18.4 Å². The minimum atomic E-state index is -0.256. The number of hydrogen-bond acceptors (Lipinski definition) is 4. The van der Waals surface area contributed by atoms with Crippen molar-refractivity contribution in [1.82, 2.24) is 5.32 Å². The molecule has 0 aliphatic rings. The highest BCUT2D eigenvalue weighted by molar-refractivity contribution is 7.12. The lowest BCUT2D eigenvalue weighted by Gasteiger charge is -2.09. The number of para-hydroxylation sites is 1. The van der Waals surface area contributed by atoms with Crippen LogP contribution < -0.4 is 10.6 Å². The maximum Gasteiger partial charge on any atom is 0.253 e. The number of amides is 2. The molecule has 0 aliphatic carbocycles. The molecule has 0 radical (unpaired) electrons. The molecule has 0 fully saturated rings. The van der Waals surface area contributed by atoms with Gasteiger partial charge in [0, 0.05) is 19.9 Å². The number of ketones is 1. The number of hydrogen-bond donors (Lipinski definition) is 2. The molecule has 0 aliphatic heterocycles. The van der Waals surface area contributed by atoms with Crippen molar-refractivity contribution in [1.29, 1.82) is 0 Å². The van der Waals surface area contributed by atoms with E-state index in [0.717, 1.165) is 4.88 Å². The van der Waals surface area contributed by atoms with Crippen LogP contribution in [0.1, 0.15) is 39.3 Å². The lowest BCUT2D eigenvalue weighted by molar-refractivity contribution is -0.116. The second-order valence-corrected chi connectivity index (χ2v) is 5.87. The first-order chi connectivity index (χ1) is 11.1. The molecule has 0 spiro atoms. The summed E-state index contributed by atoms with van der Waals surface area (Å²) < 4.78 is 0. The van der Waals surface area contributed by atoms with Gasteiger partial charge in [-0.05, 0) is 30.0 Å². The monoisotopic (exact) mass is 330 g/mol. The van der Waals surface area contributed by atoms with Crippen molar-refractivity contribution in [2.75, 3.05) is 12.4 Å². The lowest BCUT2D eigenvalue weighted by atomic mass is 10.1. The van der Waals surface area contributed by atoms with E-state index < -0.39 is 0 Å². The molecule has 1 aromatic carbocycles. The minimum absolute atomic E-state index is 0.0542. The first-order valence-corrected chi connectivity index (χ1v) is 8.17. The Hall–Kier alpha value is -2.47. The summed E-state index contributed by atoms with van der Waals surface area (Å²) in [4.78, 5) is 36.3. The summed E-state index contributed by atoms with van der Waals surface area (Å²) in [6.07, 6.45) is 1.05. The molecule has 0 saturated heterocycles. The number of carbonyl (C=O) groups excluding carboxylic acids is 3. The van der Waals surface area contributed by atoms with Crippen molar-refractivity contribution in [3.8, 4) is 0 Å². The fraction of sp³-hybridized carbons (Fsp3) is 0.235. The van der Waals surface area contributed by atoms with Gasteiger partial charge in [0.2, 0.25) is 5.91 Å². The van der Waals surface area contributed by atoms with Crippen LogP contribution in [0.15, 0.2) is 41.8 Å². The SMILES string of the molecule is CNC(=O)c1ccccc1NC(=O)CCCC(=O)c1cccs1. The maximum atomic E-state index is 12.0. The second kappa shape index (κ2) is 8.24. The highest BCUT2D eigenvalue weighted by Crippen LogP contribution is 2.16. The Morgan fingerprint density at radius 1 is 1.04 bits per heavy atom. The van der Waals surface area contributed by atoms with Crippen molar-refractivity contribution in [2.45, 2.75) is 19.3 Å². The van der Waals surface area contributed by atoms with Crippen molar-refractivity contribution >= 4 is 34.6 Å². The van der Waals surface area contributed by atoms with Gasteiger partial charge in [0.1, 0.15) is 0 Å². The zero-order valence-corrected chi connectivity index (χ0v) is 13.6. The number of rotatable bonds is 7. The molecular weight excluding hydrogens is 312 g/mol. The standard InChI is InChI=1S/C17H18N2O3S/c1-18-17(22)12-6-2-3-7-13(12)19-16(21)10-4-8-14(20)15-9-5-11-23-15/h2-3,5-7,9,11H,4,8,10H2,1H3,(H,18,22)(H,19,21). The minimum Gasteiger partial charge on any atom is -0.355 e. The average Bonchev–Trinajstić information content (AvgIpc) is 3.09. The molecule has 0 saturated carbocycles. The van der Waals surface area contributed by atoms with Gasteiger partial charge in [-0.25, -0.2) is 0 Å². The highest BCUT2D eigenvalue weighted by atomic mass is 32.1. The van der Waals surface area contributed by atoms with Crippen LogP contribution in [-0.4, -0.2) is 24.6 Å². The van der Waals surface area contributed by atoms with E-state index in [1.807, 2.05) is 11.4 Å². The molecule has 23 heavy (non-hydrogen) atoms. The summed E-state index contributed by atoms with van der Waals surface area (Å²) >= 11 is 1.41. The summed E-state index contributed by atoms with van der Waals surface area (Å²) in [5.74, 6) is -0.410.